The summed E-state index contributed by atoms with van der Waals surface area (Å²) in [6.45, 7) is 5.01. The van der Waals surface area contributed by atoms with E-state index in [2.05, 4.69) is 19.9 Å². The van der Waals surface area contributed by atoms with E-state index in [0.717, 1.165) is 23.7 Å². The summed E-state index contributed by atoms with van der Waals surface area (Å²) in [5, 5.41) is 0.822. The molecule has 92 valence electrons. The Morgan fingerprint density at radius 1 is 1.47 bits per heavy atom. The van der Waals surface area contributed by atoms with Crippen molar-refractivity contribution in [1.29, 1.82) is 0 Å². The molecule has 1 aliphatic carbocycles. The highest BCUT2D eigenvalue weighted by atomic mass is 35.5. The van der Waals surface area contributed by atoms with E-state index in [4.69, 9.17) is 22.1 Å². The van der Waals surface area contributed by atoms with E-state index in [1.807, 2.05) is 6.07 Å². The molecule has 0 radical (unpaired) electrons. The second-order valence-electron chi connectivity index (χ2n) is 5.86. The number of nitrogens with two attached hydrogens (primary N) is 1. The zero-order valence-corrected chi connectivity index (χ0v) is 11.1. The number of halogens is 1. The van der Waals surface area contributed by atoms with Gasteiger partial charge in [-0.05, 0) is 61.9 Å². The summed E-state index contributed by atoms with van der Waals surface area (Å²) < 4.78 is 6.08. The lowest BCUT2D eigenvalue weighted by Gasteiger charge is -2.18. The van der Waals surface area contributed by atoms with Gasteiger partial charge in [-0.25, -0.2) is 0 Å². The Kier molecular flexibility index (Phi) is 2.43. The van der Waals surface area contributed by atoms with Crippen LogP contribution >= 0.6 is 11.6 Å². The van der Waals surface area contributed by atoms with Gasteiger partial charge >= 0.3 is 0 Å². The van der Waals surface area contributed by atoms with E-state index >= 15 is 0 Å². The molecule has 1 fully saturated rings. The van der Waals surface area contributed by atoms with E-state index in [-0.39, 0.29) is 5.60 Å². The molecule has 1 aromatic carbocycles. The number of hydrogen-bond donors (Lipinski definition) is 1. The minimum absolute atomic E-state index is 0.102. The Balaban J connectivity index is 2.01. The first-order chi connectivity index (χ1) is 8.00. The van der Waals surface area contributed by atoms with E-state index < -0.39 is 0 Å². The molecular formula is C14H18ClNO. The van der Waals surface area contributed by atoms with E-state index in [1.54, 1.807) is 0 Å². The van der Waals surface area contributed by atoms with Crippen LogP contribution in [0, 0.1) is 5.92 Å². The molecule has 0 amide bonds. The van der Waals surface area contributed by atoms with Gasteiger partial charge < -0.3 is 10.5 Å². The number of ether oxygens (including phenoxy) is 1. The summed E-state index contributed by atoms with van der Waals surface area (Å²) in [6.07, 6.45) is 2.11. The van der Waals surface area contributed by atoms with Gasteiger partial charge in [-0.2, -0.15) is 0 Å². The van der Waals surface area contributed by atoms with E-state index in [0.29, 0.717) is 11.8 Å². The largest absolute Gasteiger partial charge is 0.487 e. The molecule has 1 aliphatic heterocycles. The van der Waals surface area contributed by atoms with Crippen LogP contribution in [-0.2, 0) is 6.42 Å². The van der Waals surface area contributed by atoms with Crippen LogP contribution in [-0.4, -0.2) is 12.1 Å². The van der Waals surface area contributed by atoms with Gasteiger partial charge in [0.25, 0.3) is 0 Å². The molecule has 0 bridgehead atoms. The van der Waals surface area contributed by atoms with Gasteiger partial charge in [0.15, 0.2) is 0 Å². The van der Waals surface area contributed by atoms with Crippen molar-refractivity contribution >= 4 is 11.6 Å². The minimum atomic E-state index is -0.102. The van der Waals surface area contributed by atoms with E-state index in [9.17, 15) is 0 Å². The molecule has 17 heavy (non-hydrogen) atoms. The van der Waals surface area contributed by atoms with Crippen LogP contribution < -0.4 is 10.5 Å². The Morgan fingerprint density at radius 3 is 2.88 bits per heavy atom. The Morgan fingerprint density at radius 2 is 2.24 bits per heavy atom. The highest BCUT2D eigenvalue weighted by Crippen LogP contribution is 2.53. The van der Waals surface area contributed by atoms with Crippen molar-refractivity contribution in [3.05, 3.63) is 28.3 Å². The van der Waals surface area contributed by atoms with Crippen molar-refractivity contribution in [3.8, 4) is 5.75 Å². The number of benzene rings is 1. The van der Waals surface area contributed by atoms with Crippen molar-refractivity contribution in [2.24, 2.45) is 11.7 Å². The quantitative estimate of drug-likeness (QED) is 0.877. The molecule has 1 saturated carbocycles. The molecule has 1 aromatic rings. The summed E-state index contributed by atoms with van der Waals surface area (Å²) in [4.78, 5) is 0. The van der Waals surface area contributed by atoms with Crippen molar-refractivity contribution in [2.75, 3.05) is 6.54 Å². The zero-order valence-electron chi connectivity index (χ0n) is 10.3. The van der Waals surface area contributed by atoms with Gasteiger partial charge in [-0.15, -0.1) is 0 Å². The molecule has 0 spiro atoms. The summed E-state index contributed by atoms with van der Waals surface area (Å²) >= 11 is 6.20. The molecule has 0 saturated heterocycles. The first-order valence-corrected chi connectivity index (χ1v) is 6.59. The summed E-state index contributed by atoms with van der Waals surface area (Å²) in [7, 11) is 0. The molecule has 2 N–H and O–H groups in total. The summed E-state index contributed by atoms with van der Waals surface area (Å²) in [5.41, 5.74) is 8.14. The molecule has 0 aromatic heterocycles. The highest BCUT2D eigenvalue weighted by molar-refractivity contribution is 6.30. The van der Waals surface area contributed by atoms with Crippen LogP contribution in [0.5, 0.6) is 5.75 Å². The van der Waals surface area contributed by atoms with Crippen molar-refractivity contribution in [2.45, 2.75) is 38.2 Å². The Bertz CT molecular complexity index is 470. The van der Waals surface area contributed by atoms with Gasteiger partial charge in [0.05, 0.1) is 0 Å². The predicted molar refractivity (Wildman–Crippen MR) is 69.8 cm³/mol. The standard InChI is InChI=1S/C14H18ClNO/c1-14(2)6-8-3-10(15)5-12(13(8)17-14)11-4-9(11)7-16/h3,5,9,11H,4,6-7,16H2,1-2H3/t9?,11-/m1/s1. The number of rotatable bonds is 2. The van der Waals surface area contributed by atoms with Gasteiger partial charge in [-0.3, -0.25) is 0 Å². The third-order valence-electron chi connectivity index (χ3n) is 3.78. The van der Waals surface area contributed by atoms with Crippen LogP contribution in [0.3, 0.4) is 0 Å². The maximum absolute atomic E-state index is 6.20. The molecule has 2 nitrogen and oxygen atoms in total. The summed E-state index contributed by atoms with van der Waals surface area (Å²) in [5.74, 6) is 2.24. The molecule has 2 aliphatic rings. The van der Waals surface area contributed by atoms with Crippen LogP contribution in [0.25, 0.3) is 0 Å². The first-order valence-electron chi connectivity index (χ1n) is 6.21. The molecular weight excluding hydrogens is 234 g/mol. The smallest absolute Gasteiger partial charge is 0.127 e. The van der Waals surface area contributed by atoms with Gasteiger partial charge in [0, 0.05) is 11.4 Å². The second kappa shape index (κ2) is 3.63. The van der Waals surface area contributed by atoms with Crippen LogP contribution in [0.15, 0.2) is 12.1 Å². The topological polar surface area (TPSA) is 35.2 Å². The maximum atomic E-state index is 6.20. The fourth-order valence-electron chi connectivity index (χ4n) is 2.86. The number of hydrogen-bond acceptors (Lipinski definition) is 2. The highest BCUT2D eigenvalue weighted by Gasteiger charge is 2.42. The van der Waals surface area contributed by atoms with Gasteiger partial charge in [0.2, 0.25) is 0 Å². The SMILES string of the molecule is CC1(C)Cc2cc(Cl)cc([C@@H]3CC3CN)c2O1. The average molecular weight is 252 g/mol. The lowest BCUT2D eigenvalue weighted by Crippen LogP contribution is -2.24. The van der Waals surface area contributed by atoms with Gasteiger partial charge in [0.1, 0.15) is 11.4 Å². The molecule has 3 heteroatoms. The second-order valence-corrected chi connectivity index (χ2v) is 6.30. The maximum Gasteiger partial charge on any atom is 0.127 e. The first kappa shape index (κ1) is 11.4. The zero-order chi connectivity index (χ0) is 12.2. The van der Waals surface area contributed by atoms with Crippen LogP contribution in [0.1, 0.15) is 37.3 Å². The van der Waals surface area contributed by atoms with Gasteiger partial charge in [-0.1, -0.05) is 11.6 Å². The van der Waals surface area contributed by atoms with Crippen LogP contribution in [0.4, 0.5) is 0 Å². The molecule has 3 rings (SSSR count). The van der Waals surface area contributed by atoms with Crippen molar-refractivity contribution < 1.29 is 4.74 Å². The van der Waals surface area contributed by atoms with Crippen molar-refractivity contribution in [3.63, 3.8) is 0 Å². The van der Waals surface area contributed by atoms with Crippen molar-refractivity contribution in [1.82, 2.24) is 0 Å². The predicted octanol–water partition coefficient (Wildman–Crippen LogP) is 3.12. The summed E-state index contributed by atoms with van der Waals surface area (Å²) in [6, 6.07) is 4.09. The normalized spacial score (nSPS) is 28.7. The Labute approximate surface area is 107 Å². The monoisotopic (exact) mass is 251 g/mol. The number of fused-ring (bicyclic) bond motifs is 1. The van der Waals surface area contributed by atoms with E-state index in [1.165, 1.54) is 17.5 Å². The minimum Gasteiger partial charge on any atom is -0.487 e. The molecule has 2 atom stereocenters. The molecule has 1 heterocycles. The lowest BCUT2D eigenvalue weighted by molar-refractivity contribution is 0.137. The fraction of sp³-hybridized carbons (Fsp3) is 0.571. The third kappa shape index (κ3) is 1.94. The lowest BCUT2D eigenvalue weighted by atomic mass is 9.99. The Hall–Kier alpha value is -0.730. The average Bonchev–Trinajstić information content (AvgIpc) is 2.94. The molecule has 1 unspecified atom stereocenters. The fourth-order valence-corrected chi connectivity index (χ4v) is 3.11. The van der Waals surface area contributed by atoms with Crippen LogP contribution in [0.2, 0.25) is 5.02 Å². The third-order valence-corrected chi connectivity index (χ3v) is 4.00.